The van der Waals surface area contributed by atoms with Gasteiger partial charge in [0.1, 0.15) is 11.5 Å². The molecular weight excluding hydrogens is 340 g/mol. The summed E-state index contributed by atoms with van der Waals surface area (Å²) >= 11 is 0. The summed E-state index contributed by atoms with van der Waals surface area (Å²) in [5.74, 6) is 0.489. The SMILES string of the molecule is [2H]C1([2H])CCC(n2nnnc2CCCCOc2ccc3c(c2)C([2H])([2H])C([2H])([2H])C(=O)C3)CC1. The number of rotatable bonds is 7. The highest BCUT2D eigenvalue weighted by Crippen LogP contribution is 2.28. The number of ketones is 1. The van der Waals surface area contributed by atoms with Crippen LogP contribution in [0.2, 0.25) is 0 Å². The van der Waals surface area contributed by atoms with E-state index in [1.54, 1.807) is 12.1 Å². The van der Waals surface area contributed by atoms with Gasteiger partial charge >= 0.3 is 0 Å². The van der Waals surface area contributed by atoms with Crippen LogP contribution in [0.1, 0.15) is 82.5 Å². The Bertz CT molecular complexity index is 1020. The number of hydrogen-bond acceptors (Lipinski definition) is 5. The van der Waals surface area contributed by atoms with Crippen LogP contribution in [0.4, 0.5) is 0 Å². The Balaban J connectivity index is 1.29. The van der Waals surface area contributed by atoms with E-state index in [-0.39, 0.29) is 18.0 Å². The number of hydrogen-bond donors (Lipinski definition) is 0. The first kappa shape index (κ1) is 12.3. The smallest absolute Gasteiger partial charge is 0.151 e. The van der Waals surface area contributed by atoms with Gasteiger partial charge in [0.2, 0.25) is 0 Å². The van der Waals surface area contributed by atoms with Crippen molar-refractivity contribution in [2.24, 2.45) is 0 Å². The Labute approximate surface area is 168 Å². The molecule has 1 fully saturated rings. The highest BCUT2D eigenvalue weighted by molar-refractivity contribution is 5.83. The van der Waals surface area contributed by atoms with Gasteiger partial charge in [-0.2, -0.15) is 0 Å². The molecule has 1 aromatic heterocycles. The molecule has 4 rings (SSSR count). The molecular formula is C21H28N4O2. The van der Waals surface area contributed by atoms with Crippen molar-refractivity contribution in [1.29, 1.82) is 0 Å². The van der Waals surface area contributed by atoms with E-state index in [0.717, 1.165) is 31.5 Å². The molecule has 0 unspecified atom stereocenters. The number of tetrazole rings is 1. The maximum atomic E-state index is 12.0. The maximum Gasteiger partial charge on any atom is 0.151 e. The monoisotopic (exact) mass is 374 g/mol. The molecule has 0 aliphatic heterocycles. The van der Waals surface area contributed by atoms with Crippen molar-refractivity contribution in [1.82, 2.24) is 20.2 Å². The number of nitrogens with zero attached hydrogens (tertiary/aromatic N) is 4. The predicted molar refractivity (Wildman–Crippen MR) is 102 cm³/mol. The van der Waals surface area contributed by atoms with Gasteiger partial charge in [0.15, 0.2) is 5.82 Å². The maximum absolute atomic E-state index is 12.0. The first-order chi connectivity index (χ1) is 15.5. The molecule has 1 aromatic carbocycles. The number of carbonyl (C=O) groups excluding carboxylic acids is 1. The zero-order valence-electron chi connectivity index (χ0n) is 21.3. The van der Waals surface area contributed by atoms with Gasteiger partial charge in [0, 0.05) is 27.4 Å². The molecule has 2 aliphatic carbocycles. The second-order valence-corrected chi connectivity index (χ2v) is 7.00. The molecule has 1 heterocycles. The van der Waals surface area contributed by atoms with Gasteiger partial charge in [0.25, 0.3) is 0 Å². The fraction of sp³-hybridized carbons (Fsp3) is 0.619. The molecule has 0 amide bonds. The van der Waals surface area contributed by atoms with Gasteiger partial charge in [-0.3, -0.25) is 4.79 Å². The van der Waals surface area contributed by atoms with E-state index in [4.69, 9.17) is 13.0 Å². The minimum atomic E-state index is -2.57. The van der Waals surface area contributed by atoms with Crippen LogP contribution < -0.4 is 4.74 Å². The number of fused-ring (bicyclic) bond motifs is 1. The van der Waals surface area contributed by atoms with Gasteiger partial charge in [-0.1, -0.05) is 25.3 Å². The average Bonchev–Trinajstić information content (AvgIpc) is 3.21. The normalized spacial score (nSPS) is 26.6. The van der Waals surface area contributed by atoms with Crippen molar-refractivity contribution in [2.75, 3.05) is 6.61 Å². The quantitative estimate of drug-likeness (QED) is 0.692. The molecule has 6 heteroatoms. The van der Waals surface area contributed by atoms with Crippen LogP contribution in [0.5, 0.6) is 5.75 Å². The van der Waals surface area contributed by atoms with Gasteiger partial charge in [-0.05, 0) is 65.7 Å². The summed E-state index contributed by atoms with van der Waals surface area (Å²) in [4.78, 5) is 12.0. The Morgan fingerprint density at radius 2 is 2.07 bits per heavy atom. The largest absolute Gasteiger partial charge is 0.494 e. The fourth-order valence-electron chi connectivity index (χ4n) is 3.56. The Hall–Kier alpha value is -2.24. The summed E-state index contributed by atoms with van der Waals surface area (Å²) in [6, 6.07) is 4.96. The number of unbranched alkanes of at least 4 members (excludes halogenated alkanes) is 1. The lowest BCUT2D eigenvalue weighted by Crippen LogP contribution is -2.17. The van der Waals surface area contributed by atoms with Crippen LogP contribution in [0.15, 0.2) is 18.2 Å². The van der Waals surface area contributed by atoms with Crippen LogP contribution in [0, 0.1) is 0 Å². The van der Waals surface area contributed by atoms with Gasteiger partial charge in [-0.25, -0.2) is 4.68 Å². The molecule has 1 saturated carbocycles. The lowest BCUT2D eigenvalue weighted by atomic mass is 9.91. The van der Waals surface area contributed by atoms with Crippen LogP contribution in [-0.2, 0) is 24.0 Å². The van der Waals surface area contributed by atoms with Crippen molar-refractivity contribution < 1.29 is 17.8 Å². The summed E-state index contributed by atoms with van der Waals surface area (Å²) < 4.78 is 55.4. The van der Waals surface area contributed by atoms with Crippen molar-refractivity contribution in [3.05, 3.63) is 35.2 Å². The number of aromatic nitrogens is 4. The second kappa shape index (κ2) is 8.63. The van der Waals surface area contributed by atoms with Gasteiger partial charge in [-0.15, -0.1) is 5.10 Å². The Kier molecular flexibility index (Phi) is 3.92. The minimum Gasteiger partial charge on any atom is -0.494 e. The Morgan fingerprint density at radius 1 is 1.19 bits per heavy atom. The van der Waals surface area contributed by atoms with Gasteiger partial charge in [0.05, 0.1) is 12.6 Å². The number of carbonyl (C=O) groups is 1. The van der Waals surface area contributed by atoms with Crippen molar-refractivity contribution >= 4 is 5.78 Å². The van der Waals surface area contributed by atoms with E-state index in [1.165, 1.54) is 6.07 Å². The van der Waals surface area contributed by atoms with E-state index in [0.29, 0.717) is 37.2 Å². The number of benzene rings is 1. The van der Waals surface area contributed by atoms with E-state index < -0.39 is 24.9 Å². The third-order valence-corrected chi connectivity index (χ3v) is 5.05. The topological polar surface area (TPSA) is 69.9 Å². The predicted octanol–water partition coefficient (Wildman–Crippen LogP) is 3.64. The van der Waals surface area contributed by atoms with Crippen LogP contribution in [0.25, 0.3) is 0 Å². The molecule has 0 radical (unpaired) electrons. The van der Waals surface area contributed by atoms with Crippen LogP contribution >= 0.6 is 0 Å². The van der Waals surface area contributed by atoms with E-state index in [2.05, 4.69) is 15.5 Å². The average molecular weight is 375 g/mol. The zero-order chi connectivity index (χ0) is 23.9. The lowest BCUT2D eigenvalue weighted by Gasteiger charge is -2.22. The van der Waals surface area contributed by atoms with Crippen molar-refractivity contribution in [3.63, 3.8) is 0 Å². The van der Waals surface area contributed by atoms with E-state index in [1.807, 2.05) is 4.68 Å². The summed E-state index contributed by atoms with van der Waals surface area (Å²) in [5.41, 5.74) is 0.663. The second-order valence-electron chi connectivity index (χ2n) is 7.00. The third-order valence-electron chi connectivity index (χ3n) is 5.05. The summed E-state index contributed by atoms with van der Waals surface area (Å²) in [6.45, 7) is 0.402. The molecule has 2 aliphatic rings. The molecule has 2 aromatic rings. The first-order valence-electron chi connectivity index (χ1n) is 12.6. The first-order valence-corrected chi connectivity index (χ1v) is 9.57. The van der Waals surface area contributed by atoms with E-state index >= 15 is 0 Å². The standard InChI is InChI=1S/C21H28N4O2/c26-19-11-9-17-15-20(12-10-16(17)14-19)27-13-5-4-8-21-22-23-24-25(21)18-6-2-1-3-7-18/h10,12,15,18H,1-9,11,13-14H2/i1D2,9D2,11D2. The Morgan fingerprint density at radius 3 is 2.96 bits per heavy atom. The summed E-state index contributed by atoms with van der Waals surface area (Å²) in [7, 11) is 0. The lowest BCUT2D eigenvalue weighted by molar-refractivity contribution is -0.118. The van der Waals surface area contributed by atoms with Gasteiger partial charge < -0.3 is 4.74 Å². The zero-order valence-corrected chi connectivity index (χ0v) is 15.3. The third kappa shape index (κ3) is 4.54. The molecule has 0 saturated heterocycles. The molecule has 0 spiro atoms. The molecule has 144 valence electrons. The number of ether oxygens (including phenoxy) is 1. The highest BCUT2D eigenvalue weighted by atomic mass is 16.5. The molecule has 0 bridgehead atoms. The molecule has 0 atom stereocenters. The number of aryl methyl sites for hydroxylation is 2. The molecule has 27 heavy (non-hydrogen) atoms. The van der Waals surface area contributed by atoms with Crippen molar-refractivity contribution in [3.8, 4) is 5.75 Å². The summed E-state index contributed by atoms with van der Waals surface area (Å²) in [6.07, 6.45) is -1.53. The number of Topliss-reactive ketones (excluding diaryl/α,β-unsaturated/α-hetero) is 1. The molecule has 0 N–H and O–H groups in total. The fourth-order valence-corrected chi connectivity index (χ4v) is 3.56. The van der Waals surface area contributed by atoms with Crippen LogP contribution in [-0.4, -0.2) is 32.6 Å². The van der Waals surface area contributed by atoms with E-state index in [9.17, 15) is 4.79 Å². The highest BCUT2D eigenvalue weighted by Gasteiger charge is 2.19. The van der Waals surface area contributed by atoms with Crippen molar-refractivity contribution in [2.45, 2.75) is 76.5 Å². The summed E-state index contributed by atoms with van der Waals surface area (Å²) in [5, 5.41) is 12.0. The minimum absolute atomic E-state index is 0.123. The van der Waals surface area contributed by atoms with Crippen LogP contribution in [0.3, 0.4) is 0 Å². The molecule has 6 nitrogen and oxygen atoms in total.